The van der Waals surface area contributed by atoms with Crippen molar-refractivity contribution >= 4 is 16.7 Å². The highest BCUT2D eigenvalue weighted by Crippen LogP contribution is 2.33. The average Bonchev–Trinajstić information content (AvgIpc) is 3.44. The highest BCUT2D eigenvalue weighted by atomic mass is 19.1. The fraction of sp³-hybridized carbons (Fsp3) is 0.208. The molecule has 5 nitrogen and oxygen atoms in total. The van der Waals surface area contributed by atoms with Crippen LogP contribution >= 0.6 is 0 Å². The molecule has 0 spiro atoms. The Balaban J connectivity index is 1.39. The smallest absolute Gasteiger partial charge is 0.273 e. The van der Waals surface area contributed by atoms with E-state index in [1.807, 2.05) is 35.2 Å². The second-order valence-electron chi connectivity index (χ2n) is 7.51. The predicted molar refractivity (Wildman–Crippen MR) is 110 cm³/mol. The molecule has 150 valence electrons. The quantitative estimate of drug-likeness (QED) is 0.487. The summed E-state index contributed by atoms with van der Waals surface area (Å²) < 4.78 is 19.1. The number of benzene rings is 2. The van der Waals surface area contributed by atoms with Crippen molar-refractivity contribution in [3.8, 4) is 0 Å². The van der Waals surface area contributed by atoms with Crippen molar-refractivity contribution in [3.63, 3.8) is 0 Å². The van der Waals surface area contributed by atoms with E-state index in [1.54, 1.807) is 24.5 Å². The van der Waals surface area contributed by atoms with Gasteiger partial charge in [0.15, 0.2) is 0 Å². The van der Waals surface area contributed by atoms with Crippen LogP contribution in [0.5, 0.6) is 0 Å². The molecule has 30 heavy (non-hydrogen) atoms. The van der Waals surface area contributed by atoms with Gasteiger partial charge in [-0.05, 0) is 42.0 Å². The number of fused-ring (bicyclic) bond motifs is 1. The molecule has 3 heterocycles. The molecule has 2 aromatic carbocycles. The van der Waals surface area contributed by atoms with Gasteiger partial charge in [0.1, 0.15) is 23.3 Å². The van der Waals surface area contributed by atoms with Gasteiger partial charge in [0.05, 0.1) is 6.20 Å². The van der Waals surface area contributed by atoms with E-state index in [0.29, 0.717) is 30.3 Å². The summed E-state index contributed by atoms with van der Waals surface area (Å²) in [6.45, 7) is 0.643. The molecule has 1 amide bonds. The monoisotopic (exact) mass is 401 g/mol. The van der Waals surface area contributed by atoms with E-state index in [-0.39, 0.29) is 17.8 Å². The van der Waals surface area contributed by atoms with E-state index in [1.165, 1.54) is 12.1 Å². The molecule has 1 atom stereocenters. The van der Waals surface area contributed by atoms with Crippen LogP contribution in [0.25, 0.3) is 10.8 Å². The molecule has 5 rings (SSSR count). The van der Waals surface area contributed by atoms with Gasteiger partial charge in [-0.25, -0.2) is 9.37 Å². The van der Waals surface area contributed by atoms with Gasteiger partial charge in [0.25, 0.3) is 5.91 Å². The lowest BCUT2D eigenvalue weighted by Gasteiger charge is -2.22. The minimum atomic E-state index is -0.265. The third kappa shape index (κ3) is 3.45. The molecular weight excluding hydrogens is 381 g/mol. The van der Waals surface area contributed by atoms with E-state index in [4.69, 9.17) is 4.42 Å². The number of hydrogen-bond donors (Lipinski definition) is 0. The Hall–Kier alpha value is -3.54. The standard InChI is InChI=1S/C24H20FN3O2/c25-18-9-7-16(8-10-18)14-19-15-27-23(30-19)21-6-3-13-28(21)24(29)22-20-5-2-1-4-17(20)11-12-26-22/h1-2,4-5,7-12,15,21H,3,6,13-14H2/t21-/m1/s1. The first-order valence-electron chi connectivity index (χ1n) is 10.0. The third-order valence-corrected chi connectivity index (χ3v) is 5.54. The lowest BCUT2D eigenvalue weighted by Crippen LogP contribution is -2.31. The number of oxazole rings is 1. The minimum Gasteiger partial charge on any atom is -0.443 e. The summed E-state index contributed by atoms with van der Waals surface area (Å²) in [6.07, 6.45) is 5.57. The summed E-state index contributed by atoms with van der Waals surface area (Å²) in [5.41, 5.74) is 1.40. The van der Waals surface area contributed by atoms with Crippen molar-refractivity contribution in [1.82, 2.24) is 14.9 Å². The van der Waals surface area contributed by atoms with Gasteiger partial charge in [-0.2, -0.15) is 0 Å². The molecule has 0 radical (unpaired) electrons. The van der Waals surface area contributed by atoms with Crippen LogP contribution in [0, 0.1) is 5.82 Å². The van der Waals surface area contributed by atoms with Crippen molar-refractivity contribution in [2.75, 3.05) is 6.54 Å². The Labute approximate surface area is 173 Å². The van der Waals surface area contributed by atoms with Crippen molar-refractivity contribution < 1.29 is 13.6 Å². The summed E-state index contributed by atoms with van der Waals surface area (Å²) >= 11 is 0. The maximum atomic E-state index is 13.3. The Morgan fingerprint density at radius 2 is 1.93 bits per heavy atom. The number of amides is 1. The fourth-order valence-corrected chi connectivity index (χ4v) is 4.05. The molecule has 1 aliphatic rings. The third-order valence-electron chi connectivity index (χ3n) is 5.54. The lowest BCUT2D eigenvalue weighted by atomic mass is 10.1. The Morgan fingerprint density at radius 1 is 1.10 bits per heavy atom. The Bertz CT molecular complexity index is 1200. The molecule has 1 fully saturated rings. The van der Waals surface area contributed by atoms with Crippen LogP contribution in [0.4, 0.5) is 4.39 Å². The molecule has 1 aliphatic heterocycles. The summed E-state index contributed by atoms with van der Waals surface area (Å²) in [5.74, 6) is 0.865. The molecule has 4 aromatic rings. The van der Waals surface area contributed by atoms with Gasteiger partial charge in [-0.15, -0.1) is 0 Å². The lowest BCUT2D eigenvalue weighted by molar-refractivity contribution is 0.0711. The molecule has 2 aromatic heterocycles. The second kappa shape index (κ2) is 7.71. The van der Waals surface area contributed by atoms with E-state index in [0.717, 1.165) is 29.2 Å². The first-order valence-corrected chi connectivity index (χ1v) is 10.0. The van der Waals surface area contributed by atoms with Gasteiger partial charge in [-0.1, -0.05) is 36.4 Å². The molecular formula is C24H20FN3O2. The maximum absolute atomic E-state index is 13.3. The zero-order valence-electron chi connectivity index (χ0n) is 16.3. The van der Waals surface area contributed by atoms with Gasteiger partial charge >= 0.3 is 0 Å². The molecule has 0 unspecified atom stereocenters. The van der Waals surface area contributed by atoms with Crippen LogP contribution in [0.1, 0.15) is 46.6 Å². The maximum Gasteiger partial charge on any atom is 0.273 e. The van der Waals surface area contributed by atoms with Crippen molar-refractivity contribution in [2.45, 2.75) is 25.3 Å². The van der Waals surface area contributed by atoms with Crippen molar-refractivity contribution in [2.24, 2.45) is 0 Å². The van der Waals surface area contributed by atoms with Crippen LogP contribution in [0.2, 0.25) is 0 Å². The fourth-order valence-electron chi connectivity index (χ4n) is 4.05. The number of halogens is 1. The summed E-state index contributed by atoms with van der Waals surface area (Å²) in [4.78, 5) is 24.0. The van der Waals surface area contributed by atoms with E-state index in [2.05, 4.69) is 9.97 Å². The number of hydrogen-bond acceptors (Lipinski definition) is 4. The number of carbonyl (C=O) groups is 1. The van der Waals surface area contributed by atoms with Crippen LogP contribution in [0.3, 0.4) is 0 Å². The van der Waals surface area contributed by atoms with Gasteiger partial charge in [0, 0.05) is 24.5 Å². The van der Waals surface area contributed by atoms with E-state index >= 15 is 0 Å². The number of aromatic nitrogens is 2. The first-order chi connectivity index (χ1) is 14.7. The van der Waals surface area contributed by atoms with Crippen LogP contribution < -0.4 is 0 Å². The molecule has 0 aliphatic carbocycles. The zero-order valence-corrected chi connectivity index (χ0v) is 16.3. The highest BCUT2D eigenvalue weighted by Gasteiger charge is 2.35. The summed E-state index contributed by atoms with van der Waals surface area (Å²) in [5, 5.41) is 1.84. The van der Waals surface area contributed by atoms with Gasteiger partial charge < -0.3 is 9.32 Å². The van der Waals surface area contributed by atoms with Gasteiger partial charge in [-0.3, -0.25) is 9.78 Å². The number of pyridine rings is 1. The number of rotatable bonds is 4. The van der Waals surface area contributed by atoms with Crippen LogP contribution in [0.15, 0.2) is 71.4 Å². The Morgan fingerprint density at radius 3 is 2.80 bits per heavy atom. The van der Waals surface area contributed by atoms with E-state index < -0.39 is 0 Å². The first kappa shape index (κ1) is 18.5. The normalized spacial score (nSPS) is 16.3. The highest BCUT2D eigenvalue weighted by molar-refractivity contribution is 6.05. The molecule has 1 saturated heterocycles. The SMILES string of the molecule is O=C(c1nccc2ccccc12)N1CCC[C@@H]1c1ncc(Cc2ccc(F)cc2)o1. The van der Waals surface area contributed by atoms with Crippen LogP contribution in [-0.2, 0) is 6.42 Å². The molecule has 0 saturated carbocycles. The minimum absolute atomic E-state index is 0.104. The number of likely N-dealkylation sites (tertiary alicyclic amines) is 1. The molecule has 6 heteroatoms. The van der Waals surface area contributed by atoms with Crippen molar-refractivity contribution in [3.05, 3.63) is 95.7 Å². The predicted octanol–water partition coefficient (Wildman–Crippen LogP) is 4.93. The van der Waals surface area contributed by atoms with E-state index in [9.17, 15) is 9.18 Å². The Kier molecular flexibility index (Phi) is 4.75. The van der Waals surface area contributed by atoms with Gasteiger partial charge in [0.2, 0.25) is 5.89 Å². The van der Waals surface area contributed by atoms with Crippen LogP contribution in [-0.4, -0.2) is 27.3 Å². The molecule has 0 bridgehead atoms. The average molecular weight is 401 g/mol. The summed E-state index contributed by atoms with van der Waals surface area (Å²) in [6, 6.07) is 15.8. The summed E-state index contributed by atoms with van der Waals surface area (Å²) in [7, 11) is 0. The van der Waals surface area contributed by atoms with Crippen molar-refractivity contribution in [1.29, 1.82) is 0 Å². The number of nitrogens with zero attached hydrogens (tertiary/aromatic N) is 3. The largest absolute Gasteiger partial charge is 0.443 e. The number of carbonyl (C=O) groups excluding carboxylic acids is 1. The second-order valence-corrected chi connectivity index (χ2v) is 7.51. The topological polar surface area (TPSA) is 59.2 Å². The molecule has 0 N–H and O–H groups in total. The zero-order chi connectivity index (χ0) is 20.5.